The first-order chi connectivity index (χ1) is 7.25. The number of rotatable bonds is 3. The molecule has 16 heavy (non-hydrogen) atoms. The summed E-state index contributed by atoms with van der Waals surface area (Å²) < 4.78 is 9.64. The maximum atomic E-state index is 11.8. The highest BCUT2D eigenvalue weighted by Gasteiger charge is 2.52. The van der Waals surface area contributed by atoms with Crippen LogP contribution in [0.1, 0.15) is 20.8 Å². The van der Waals surface area contributed by atoms with Crippen LogP contribution in [0.15, 0.2) is 0 Å². The highest BCUT2D eigenvalue weighted by atomic mass is 32.2. The molecule has 0 N–H and O–H groups in total. The molecule has 0 spiro atoms. The lowest BCUT2D eigenvalue weighted by atomic mass is 10.0. The molecule has 0 saturated carbocycles. The zero-order chi connectivity index (χ0) is 12.6. The number of cyclic esters (lactones) is 2. The fraction of sp³-hybridized carbons (Fsp3) is 0.800. The third kappa shape index (κ3) is 2.48. The van der Waals surface area contributed by atoms with Gasteiger partial charge in [-0.25, -0.2) is 0 Å². The number of hydrogen-bond donors (Lipinski definition) is 0. The molecule has 1 fully saturated rings. The first kappa shape index (κ1) is 13.7. The number of ether oxygens (including phenoxy) is 2. The Labute approximate surface area is 104 Å². The van der Waals surface area contributed by atoms with Crippen LogP contribution >= 0.6 is 23.5 Å². The van der Waals surface area contributed by atoms with Crippen molar-refractivity contribution in [1.29, 1.82) is 0 Å². The lowest BCUT2D eigenvalue weighted by molar-refractivity contribution is -0.240. The van der Waals surface area contributed by atoms with Crippen molar-refractivity contribution in [3.63, 3.8) is 0 Å². The van der Waals surface area contributed by atoms with Crippen LogP contribution in [-0.4, -0.2) is 34.3 Å². The van der Waals surface area contributed by atoms with E-state index in [4.69, 9.17) is 9.47 Å². The third-order valence-electron chi connectivity index (χ3n) is 2.50. The molecule has 1 heterocycles. The number of carbonyl (C=O) groups is 2. The summed E-state index contributed by atoms with van der Waals surface area (Å²) in [5, 5.41) is 0. The molecule has 4 nitrogen and oxygen atoms in total. The Morgan fingerprint density at radius 2 is 1.50 bits per heavy atom. The van der Waals surface area contributed by atoms with Crippen molar-refractivity contribution >= 4 is 35.5 Å². The molecule has 1 aliphatic heterocycles. The van der Waals surface area contributed by atoms with Crippen LogP contribution in [0.25, 0.3) is 0 Å². The molecule has 0 aliphatic carbocycles. The van der Waals surface area contributed by atoms with Crippen LogP contribution in [0, 0.1) is 5.92 Å². The van der Waals surface area contributed by atoms with Gasteiger partial charge in [0.25, 0.3) is 5.79 Å². The molecule has 1 rings (SSSR count). The fourth-order valence-corrected chi connectivity index (χ4v) is 2.99. The van der Waals surface area contributed by atoms with E-state index in [0.29, 0.717) is 0 Å². The average Bonchev–Trinajstić information content (AvgIpc) is 2.14. The predicted octanol–water partition coefficient (Wildman–Crippen LogP) is 1.88. The molecule has 0 radical (unpaired) electrons. The van der Waals surface area contributed by atoms with E-state index >= 15 is 0 Å². The van der Waals surface area contributed by atoms with E-state index in [1.54, 1.807) is 13.8 Å². The molecule has 0 amide bonds. The van der Waals surface area contributed by atoms with Gasteiger partial charge >= 0.3 is 11.9 Å². The normalized spacial score (nSPS) is 21.6. The van der Waals surface area contributed by atoms with E-state index in [-0.39, 0.29) is 0 Å². The van der Waals surface area contributed by atoms with Crippen LogP contribution < -0.4 is 0 Å². The van der Waals surface area contributed by atoms with Gasteiger partial charge in [-0.05, 0) is 19.4 Å². The number of hydrogen-bond acceptors (Lipinski definition) is 6. The Hall–Kier alpha value is -0.360. The Kier molecular flexibility index (Phi) is 3.84. The molecule has 0 aromatic heterocycles. The number of esters is 2. The van der Waals surface area contributed by atoms with Crippen molar-refractivity contribution in [2.75, 3.05) is 12.5 Å². The van der Waals surface area contributed by atoms with E-state index < -0.39 is 27.7 Å². The first-order valence-electron chi connectivity index (χ1n) is 4.82. The summed E-state index contributed by atoms with van der Waals surface area (Å²) in [4.78, 5) is 23.7. The van der Waals surface area contributed by atoms with Gasteiger partial charge in [-0.3, -0.25) is 9.59 Å². The third-order valence-corrected chi connectivity index (χ3v) is 5.59. The molecule has 0 aromatic carbocycles. The molecule has 1 saturated heterocycles. The van der Waals surface area contributed by atoms with Crippen LogP contribution in [0.5, 0.6) is 0 Å². The van der Waals surface area contributed by atoms with Gasteiger partial charge in [0, 0.05) is 13.8 Å². The molecular formula is C10H16O4S2. The first-order valence-corrected chi connectivity index (χ1v) is 7.27. The SMILES string of the molecule is CSC(C)(SC)C1C(=O)OC(C)(C)OC1=O. The minimum absolute atomic E-state index is 0.507. The van der Waals surface area contributed by atoms with E-state index in [2.05, 4.69) is 0 Å². The smallest absolute Gasteiger partial charge is 0.325 e. The van der Waals surface area contributed by atoms with E-state index in [1.165, 1.54) is 23.5 Å². The average molecular weight is 264 g/mol. The summed E-state index contributed by atoms with van der Waals surface area (Å²) >= 11 is 2.90. The highest BCUT2D eigenvalue weighted by molar-refractivity contribution is 8.17. The van der Waals surface area contributed by atoms with Gasteiger partial charge in [-0.15, -0.1) is 23.5 Å². The van der Waals surface area contributed by atoms with Crippen LogP contribution in [0.4, 0.5) is 0 Å². The van der Waals surface area contributed by atoms with Crippen molar-refractivity contribution in [1.82, 2.24) is 0 Å². The highest BCUT2D eigenvalue weighted by Crippen LogP contribution is 2.44. The van der Waals surface area contributed by atoms with Gasteiger partial charge in [0.2, 0.25) is 0 Å². The molecule has 1 aliphatic rings. The molecule has 92 valence electrons. The largest absolute Gasteiger partial charge is 0.422 e. The van der Waals surface area contributed by atoms with Gasteiger partial charge in [-0.1, -0.05) is 0 Å². The lowest BCUT2D eigenvalue weighted by Crippen LogP contribution is -2.52. The molecular weight excluding hydrogens is 248 g/mol. The minimum Gasteiger partial charge on any atom is -0.422 e. The Morgan fingerprint density at radius 1 is 1.12 bits per heavy atom. The standard InChI is InChI=1S/C10H16O4S2/c1-9(2)13-7(11)6(8(12)14-9)10(3,15-4)16-5/h6H,1-5H3. The second-order valence-corrected chi connectivity index (χ2v) is 6.87. The summed E-state index contributed by atoms with van der Waals surface area (Å²) in [5.74, 6) is -3.03. The van der Waals surface area contributed by atoms with Gasteiger partial charge in [0.1, 0.15) is 0 Å². The zero-order valence-electron chi connectivity index (χ0n) is 10.0. The second kappa shape index (κ2) is 4.49. The maximum absolute atomic E-state index is 11.8. The Bertz CT molecular complexity index is 290. The van der Waals surface area contributed by atoms with Crippen molar-refractivity contribution in [2.45, 2.75) is 30.6 Å². The van der Waals surface area contributed by atoms with Gasteiger partial charge in [0.15, 0.2) is 5.92 Å². The fourth-order valence-electron chi connectivity index (χ4n) is 1.47. The summed E-state index contributed by atoms with van der Waals surface area (Å²) in [6.45, 7) is 4.94. The van der Waals surface area contributed by atoms with E-state index in [1.807, 2.05) is 19.4 Å². The van der Waals surface area contributed by atoms with E-state index in [9.17, 15) is 9.59 Å². The summed E-state index contributed by atoms with van der Waals surface area (Å²) in [7, 11) is 0. The van der Waals surface area contributed by atoms with Crippen LogP contribution in [0.2, 0.25) is 0 Å². The summed E-state index contributed by atoms with van der Waals surface area (Å²) in [5.41, 5.74) is 0. The molecule has 6 heteroatoms. The maximum Gasteiger partial charge on any atom is 0.325 e. The predicted molar refractivity (Wildman–Crippen MR) is 65.2 cm³/mol. The van der Waals surface area contributed by atoms with Crippen molar-refractivity contribution in [2.24, 2.45) is 5.92 Å². The summed E-state index contributed by atoms with van der Waals surface area (Å²) in [6.07, 6.45) is 3.72. The second-order valence-electron chi connectivity index (χ2n) is 4.10. The monoisotopic (exact) mass is 264 g/mol. The van der Waals surface area contributed by atoms with Crippen LogP contribution in [-0.2, 0) is 19.1 Å². The van der Waals surface area contributed by atoms with Gasteiger partial charge in [0.05, 0.1) is 4.08 Å². The van der Waals surface area contributed by atoms with Crippen molar-refractivity contribution in [3.8, 4) is 0 Å². The number of carbonyl (C=O) groups excluding carboxylic acids is 2. The minimum atomic E-state index is -1.15. The Morgan fingerprint density at radius 3 is 1.81 bits per heavy atom. The molecule has 0 unspecified atom stereocenters. The number of thioether (sulfide) groups is 2. The lowest BCUT2D eigenvalue weighted by Gasteiger charge is -2.39. The summed E-state index contributed by atoms with van der Waals surface area (Å²) in [6, 6.07) is 0. The Balaban J connectivity index is 2.99. The van der Waals surface area contributed by atoms with Gasteiger partial charge < -0.3 is 9.47 Å². The van der Waals surface area contributed by atoms with Gasteiger partial charge in [-0.2, -0.15) is 0 Å². The quantitative estimate of drug-likeness (QED) is 0.441. The molecule has 0 atom stereocenters. The zero-order valence-corrected chi connectivity index (χ0v) is 11.7. The van der Waals surface area contributed by atoms with Crippen molar-refractivity contribution < 1.29 is 19.1 Å². The van der Waals surface area contributed by atoms with E-state index in [0.717, 1.165) is 0 Å². The van der Waals surface area contributed by atoms with Crippen molar-refractivity contribution in [3.05, 3.63) is 0 Å². The van der Waals surface area contributed by atoms with Crippen LogP contribution in [0.3, 0.4) is 0 Å². The molecule has 0 bridgehead atoms. The molecule has 0 aromatic rings. The topological polar surface area (TPSA) is 52.6 Å².